The molecule has 3 aromatic carbocycles. The average molecular weight is 386 g/mol. The van der Waals surface area contributed by atoms with Crippen molar-refractivity contribution in [2.24, 2.45) is 0 Å². The molecule has 3 atom stereocenters. The number of amides is 2. The fourth-order valence-corrected chi connectivity index (χ4v) is 3.70. The Labute approximate surface area is 169 Å². The van der Waals surface area contributed by atoms with Gasteiger partial charge in [-0.3, -0.25) is 10.2 Å². The maximum Gasteiger partial charge on any atom is 0.429 e. The number of rotatable bonds is 4. The van der Waals surface area contributed by atoms with E-state index in [1.54, 1.807) is 0 Å². The van der Waals surface area contributed by atoms with Crippen molar-refractivity contribution in [2.75, 3.05) is 0 Å². The Morgan fingerprint density at radius 3 is 1.97 bits per heavy atom. The van der Waals surface area contributed by atoms with Crippen molar-refractivity contribution in [3.05, 3.63) is 108 Å². The number of hydrogen-bond acceptors (Lipinski definition) is 3. The van der Waals surface area contributed by atoms with Crippen LogP contribution in [0.4, 0.5) is 4.79 Å². The zero-order chi connectivity index (χ0) is 20.2. The van der Waals surface area contributed by atoms with E-state index in [-0.39, 0.29) is 5.91 Å². The van der Waals surface area contributed by atoms with E-state index >= 15 is 0 Å². The summed E-state index contributed by atoms with van der Waals surface area (Å²) >= 11 is 0. The number of nitrogens with one attached hydrogen (secondary N) is 1. The van der Waals surface area contributed by atoms with Crippen LogP contribution in [0.25, 0.3) is 0 Å². The third kappa shape index (κ3) is 3.85. The van der Waals surface area contributed by atoms with Gasteiger partial charge in [0.05, 0.1) is 12.0 Å². The normalized spacial score (nSPS) is 19.5. The van der Waals surface area contributed by atoms with Crippen LogP contribution < -0.4 is 5.43 Å². The highest BCUT2D eigenvalue weighted by Crippen LogP contribution is 2.40. The first kappa shape index (κ1) is 18.7. The maximum atomic E-state index is 13.0. The van der Waals surface area contributed by atoms with Crippen LogP contribution in [0.1, 0.15) is 41.7 Å². The van der Waals surface area contributed by atoms with Gasteiger partial charge in [0.2, 0.25) is 5.91 Å². The summed E-state index contributed by atoms with van der Waals surface area (Å²) in [6.07, 6.45) is -1.02. The third-order valence-electron chi connectivity index (χ3n) is 5.15. The summed E-state index contributed by atoms with van der Waals surface area (Å²) in [4.78, 5) is 25.9. The first-order chi connectivity index (χ1) is 14.1. The summed E-state index contributed by atoms with van der Waals surface area (Å²) in [5, 5.41) is 1.31. The van der Waals surface area contributed by atoms with Crippen LogP contribution in [0.15, 0.2) is 91.0 Å². The third-order valence-corrected chi connectivity index (χ3v) is 5.15. The Hall–Kier alpha value is -3.60. The zero-order valence-corrected chi connectivity index (χ0v) is 16.1. The van der Waals surface area contributed by atoms with Crippen LogP contribution in [0.3, 0.4) is 0 Å². The molecular weight excluding hydrogens is 364 g/mol. The summed E-state index contributed by atoms with van der Waals surface area (Å²) in [5.74, 6) is -0.743. The molecule has 4 rings (SSSR count). The zero-order valence-electron chi connectivity index (χ0n) is 16.1. The standard InChI is InChI=1S/C24H22N2O3/c1-17(18-11-5-2-6-12-18)29-24(28)26-22(20-15-9-4-10-16-20)21(23(27)25-26)19-13-7-3-8-14-19/h2-17,21-22H,1H3,(H,25,27). The first-order valence-corrected chi connectivity index (χ1v) is 9.60. The number of carbonyl (C=O) groups is 2. The van der Waals surface area contributed by atoms with Gasteiger partial charge in [0, 0.05) is 0 Å². The lowest BCUT2D eigenvalue weighted by molar-refractivity contribution is -0.122. The molecule has 3 aromatic rings. The molecule has 1 N–H and O–H groups in total. The van der Waals surface area contributed by atoms with E-state index in [4.69, 9.17) is 4.74 Å². The van der Waals surface area contributed by atoms with Crippen LogP contribution in [0.2, 0.25) is 0 Å². The van der Waals surface area contributed by atoms with Crippen LogP contribution >= 0.6 is 0 Å². The van der Waals surface area contributed by atoms with Crippen molar-refractivity contribution < 1.29 is 14.3 Å². The summed E-state index contributed by atoms with van der Waals surface area (Å²) in [6, 6.07) is 28.1. The minimum absolute atomic E-state index is 0.227. The second-order valence-corrected chi connectivity index (χ2v) is 7.03. The smallest absolute Gasteiger partial charge is 0.429 e. The van der Waals surface area contributed by atoms with Crippen LogP contribution in [0.5, 0.6) is 0 Å². The molecule has 0 radical (unpaired) electrons. The van der Waals surface area contributed by atoms with E-state index in [1.807, 2.05) is 97.9 Å². The minimum Gasteiger partial charge on any atom is -0.440 e. The molecule has 1 saturated heterocycles. The molecule has 2 amide bonds. The predicted octanol–water partition coefficient (Wildman–Crippen LogP) is 4.76. The fraction of sp³-hybridized carbons (Fsp3) is 0.167. The van der Waals surface area contributed by atoms with Crippen molar-refractivity contribution in [2.45, 2.75) is 25.0 Å². The first-order valence-electron chi connectivity index (χ1n) is 9.60. The van der Waals surface area contributed by atoms with Gasteiger partial charge in [-0.2, -0.15) is 0 Å². The number of benzene rings is 3. The lowest BCUT2D eigenvalue weighted by atomic mass is 9.88. The summed E-state index contributed by atoms with van der Waals surface area (Å²) in [5.41, 5.74) is 5.34. The van der Waals surface area contributed by atoms with Gasteiger partial charge in [-0.05, 0) is 23.6 Å². The highest BCUT2D eigenvalue weighted by molar-refractivity contribution is 5.90. The molecule has 0 aliphatic carbocycles. The predicted molar refractivity (Wildman–Crippen MR) is 110 cm³/mol. The lowest BCUT2D eigenvalue weighted by Crippen LogP contribution is -2.40. The molecule has 29 heavy (non-hydrogen) atoms. The molecule has 0 aromatic heterocycles. The minimum atomic E-state index is -0.581. The molecule has 1 fully saturated rings. The molecular formula is C24H22N2O3. The lowest BCUT2D eigenvalue weighted by Gasteiger charge is -2.27. The monoisotopic (exact) mass is 386 g/mol. The highest BCUT2D eigenvalue weighted by Gasteiger charge is 2.46. The molecule has 0 spiro atoms. The van der Waals surface area contributed by atoms with Crippen LogP contribution in [0, 0.1) is 0 Å². The molecule has 1 aliphatic heterocycles. The van der Waals surface area contributed by atoms with E-state index in [2.05, 4.69) is 5.43 Å². The van der Waals surface area contributed by atoms with Crippen molar-refractivity contribution >= 4 is 12.0 Å². The largest absolute Gasteiger partial charge is 0.440 e. The summed E-state index contributed by atoms with van der Waals surface area (Å²) in [7, 11) is 0. The highest BCUT2D eigenvalue weighted by atomic mass is 16.6. The van der Waals surface area contributed by atoms with E-state index in [1.165, 1.54) is 5.01 Å². The average Bonchev–Trinajstić information content (AvgIpc) is 3.13. The van der Waals surface area contributed by atoms with E-state index in [0.29, 0.717) is 0 Å². The molecule has 3 unspecified atom stereocenters. The van der Waals surface area contributed by atoms with Crippen molar-refractivity contribution in [1.82, 2.24) is 10.4 Å². The van der Waals surface area contributed by atoms with Crippen LogP contribution in [-0.4, -0.2) is 17.0 Å². The maximum absolute atomic E-state index is 13.0. The van der Waals surface area contributed by atoms with E-state index in [0.717, 1.165) is 16.7 Å². The van der Waals surface area contributed by atoms with E-state index in [9.17, 15) is 9.59 Å². The number of hydrogen-bond donors (Lipinski definition) is 1. The van der Waals surface area contributed by atoms with Gasteiger partial charge in [-0.1, -0.05) is 91.0 Å². The molecule has 0 bridgehead atoms. The van der Waals surface area contributed by atoms with Crippen molar-refractivity contribution in [3.63, 3.8) is 0 Å². The van der Waals surface area contributed by atoms with Crippen molar-refractivity contribution in [3.8, 4) is 0 Å². The van der Waals surface area contributed by atoms with Gasteiger partial charge in [0.15, 0.2) is 0 Å². The number of carbonyl (C=O) groups excluding carboxylic acids is 2. The number of nitrogens with zero attached hydrogens (tertiary/aromatic N) is 1. The van der Waals surface area contributed by atoms with Gasteiger partial charge in [-0.25, -0.2) is 9.80 Å². The quantitative estimate of drug-likeness (QED) is 0.704. The van der Waals surface area contributed by atoms with Crippen molar-refractivity contribution in [1.29, 1.82) is 0 Å². The molecule has 1 aliphatic rings. The summed E-state index contributed by atoms with van der Waals surface area (Å²) in [6.45, 7) is 1.82. The Bertz CT molecular complexity index is 977. The van der Waals surface area contributed by atoms with Gasteiger partial charge >= 0.3 is 6.09 Å². The molecule has 5 nitrogen and oxygen atoms in total. The van der Waals surface area contributed by atoms with E-state index < -0.39 is 24.2 Å². The summed E-state index contributed by atoms with van der Waals surface area (Å²) < 4.78 is 5.68. The molecule has 1 heterocycles. The second kappa shape index (κ2) is 8.19. The Balaban J connectivity index is 1.64. The topological polar surface area (TPSA) is 58.6 Å². The Morgan fingerprint density at radius 1 is 0.862 bits per heavy atom. The molecule has 0 saturated carbocycles. The molecule has 5 heteroatoms. The Morgan fingerprint density at radius 2 is 1.38 bits per heavy atom. The Kier molecular flexibility index (Phi) is 5.29. The van der Waals surface area contributed by atoms with Gasteiger partial charge in [0.25, 0.3) is 0 Å². The van der Waals surface area contributed by atoms with Gasteiger partial charge in [0.1, 0.15) is 6.10 Å². The number of ether oxygens (including phenoxy) is 1. The van der Waals surface area contributed by atoms with Gasteiger partial charge in [-0.15, -0.1) is 0 Å². The van der Waals surface area contributed by atoms with Crippen LogP contribution in [-0.2, 0) is 9.53 Å². The number of hydrazine groups is 1. The second-order valence-electron chi connectivity index (χ2n) is 7.03. The fourth-order valence-electron chi connectivity index (χ4n) is 3.70. The SMILES string of the molecule is CC(OC(=O)N1NC(=O)C(c2ccccc2)C1c1ccccc1)c1ccccc1. The molecule has 146 valence electrons. The van der Waals surface area contributed by atoms with Gasteiger partial charge < -0.3 is 4.74 Å².